The van der Waals surface area contributed by atoms with Gasteiger partial charge in [-0.25, -0.2) is 14.2 Å². The molecule has 0 spiro atoms. The average Bonchev–Trinajstić information content (AvgIpc) is 3.04. The van der Waals surface area contributed by atoms with Crippen molar-refractivity contribution in [2.75, 3.05) is 0 Å². The first-order valence-corrected chi connectivity index (χ1v) is 7.83. The summed E-state index contributed by atoms with van der Waals surface area (Å²) >= 11 is 1.36. The molecule has 5 heteroatoms. The van der Waals surface area contributed by atoms with Crippen molar-refractivity contribution >= 4 is 22.3 Å². The normalized spacial score (nSPS) is 11.0. The number of fused-ring (bicyclic) bond motifs is 1. The van der Waals surface area contributed by atoms with Gasteiger partial charge in [0.2, 0.25) is 0 Å². The predicted octanol–water partition coefficient (Wildman–Crippen LogP) is 4.72. The van der Waals surface area contributed by atoms with Crippen molar-refractivity contribution in [3.05, 3.63) is 76.2 Å². The highest BCUT2D eigenvalue weighted by Crippen LogP contribution is 2.28. The van der Waals surface area contributed by atoms with E-state index in [1.54, 1.807) is 24.3 Å². The van der Waals surface area contributed by atoms with Gasteiger partial charge in [-0.05, 0) is 36.4 Å². The second-order valence-corrected chi connectivity index (χ2v) is 5.89. The molecule has 112 valence electrons. The van der Waals surface area contributed by atoms with Crippen LogP contribution in [0.4, 0.5) is 4.39 Å². The largest absolute Gasteiger partial charge is 0.422 e. The topological polar surface area (TPSA) is 43.1 Å². The zero-order valence-electron chi connectivity index (χ0n) is 11.8. The van der Waals surface area contributed by atoms with Crippen LogP contribution in [-0.4, -0.2) is 4.98 Å². The summed E-state index contributed by atoms with van der Waals surface area (Å²) < 4.78 is 18.3. The lowest BCUT2D eigenvalue weighted by Gasteiger charge is -1.99. The number of aromatic nitrogens is 1. The molecule has 2 aromatic carbocycles. The molecule has 3 nitrogen and oxygen atoms in total. The molecule has 2 heterocycles. The summed E-state index contributed by atoms with van der Waals surface area (Å²) in [4.78, 5) is 16.7. The fourth-order valence-corrected chi connectivity index (χ4v) is 3.19. The molecular formula is C18H10FNO2S. The number of halogens is 1. The Morgan fingerprint density at radius 2 is 1.83 bits per heavy atom. The van der Waals surface area contributed by atoms with Gasteiger partial charge in [0.15, 0.2) is 0 Å². The second-order valence-electron chi connectivity index (χ2n) is 5.03. The molecule has 23 heavy (non-hydrogen) atoms. The third-order valence-corrected chi connectivity index (χ3v) is 4.39. The first-order chi connectivity index (χ1) is 11.2. The van der Waals surface area contributed by atoms with Gasteiger partial charge in [0.1, 0.15) is 16.4 Å². The first-order valence-electron chi connectivity index (χ1n) is 6.95. The van der Waals surface area contributed by atoms with Gasteiger partial charge in [0, 0.05) is 16.3 Å². The van der Waals surface area contributed by atoms with Gasteiger partial charge in [0.05, 0.1) is 11.3 Å². The number of para-hydroxylation sites is 1. The molecule has 0 bridgehead atoms. The van der Waals surface area contributed by atoms with Crippen molar-refractivity contribution in [3.8, 4) is 21.8 Å². The highest BCUT2D eigenvalue weighted by atomic mass is 32.1. The van der Waals surface area contributed by atoms with E-state index >= 15 is 0 Å². The van der Waals surface area contributed by atoms with Crippen LogP contribution in [0.1, 0.15) is 0 Å². The van der Waals surface area contributed by atoms with Crippen LogP contribution in [0, 0.1) is 5.82 Å². The Balaban J connectivity index is 1.81. The smallest absolute Gasteiger partial charge is 0.346 e. The van der Waals surface area contributed by atoms with Gasteiger partial charge in [-0.3, -0.25) is 0 Å². The van der Waals surface area contributed by atoms with E-state index in [2.05, 4.69) is 4.98 Å². The van der Waals surface area contributed by atoms with E-state index in [1.165, 1.54) is 23.5 Å². The third-order valence-electron chi connectivity index (χ3n) is 3.52. The van der Waals surface area contributed by atoms with Crippen LogP contribution in [0.3, 0.4) is 0 Å². The molecule has 2 aromatic heterocycles. The maximum absolute atomic E-state index is 13.0. The first kappa shape index (κ1) is 13.8. The van der Waals surface area contributed by atoms with E-state index in [0.29, 0.717) is 21.8 Å². The summed E-state index contributed by atoms with van der Waals surface area (Å²) in [6.07, 6.45) is 0. The Morgan fingerprint density at radius 1 is 1.04 bits per heavy atom. The van der Waals surface area contributed by atoms with Gasteiger partial charge in [-0.1, -0.05) is 18.2 Å². The molecule has 0 atom stereocenters. The number of nitrogens with zero attached hydrogens (tertiary/aromatic N) is 1. The average molecular weight is 323 g/mol. The van der Waals surface area contributed by atoms with Gasteiger partial charge in [0.25, 0.3) is 0 Å². The SMILES string of the molecule is O=c1oc2ccccc2cc1-c1nc(-c2ccc(F)cc2)cs1. The molecule has 0 aliphatic rings. The number of thiazole rings is 1. The molecule has 0 fully saturated rings. The van der Waals surface area contributed by atoms with Gasteiger partial charge in [-0.2, -0.15) is 0 Å². The van der Waals surface area contributed by atoms with Crippen LogP contribution in [0.15, 0.2) is 69.2 Å². The predicted molar refractivity (Wildman–Crippen MR) is 89.0 cm³/mol. The van der Waals surface area contributed by atoms with E-state index in [4.69, 9.17) is 4.42 Å². The molecule has 0 aliphatic heterocycles. The van der Waals surface area contributed by atoms with Crippen LogP contribution in [-0.2, 0) is 0 Å². The number of benzene rings is 2. The molecule has 0 saturated carbocycles. The van der Waals surface area contributed by atoms with Crippen molar-refractivity contribution in [2.24, 2.45) is 0 Å². The lowest BCUT2D eigenvalue weighted by atomic mass is 10.1. The maximum atomic E-state index is 13.0. The molecule has 4 aromatic rings. The van der Waals surface area contributed by atoms with E-state index < -0.39 is 5.63 Å². The van der Waals surface area contributed by atoms with Gasteiger partial charge < -0.3 is 4.42 Å². The Bertz CT molecular complexity index is 1050. The van der Waals surface area contributed by atoms with Gasteiger partial charge >= 0.3 is 5.63 Å². The fraction of sp³-hybridized carbons (Fsp3) is 0. The van der Waals surface area contributed by atoms with Crippen molar-refractivity contribution in [1.82, 2.24) is 4.98 Å². The highest BCUT2D eigenvalue weighted by Gasteiger charge is 2.12. The molecular weight excluding hydrogens is 313 g/mol. The molecule has 0 aliphatic carbocycles. The van der Waals surface area contributed by atoms with E-state index in [-0.39, 0.29) is 5.82 Å². The lowest BCUT2D eigenvalue weighted by molar-refractivity contribution is 0.563. The van der Waals surface area contributed by atoms with Crippen molar-refractivity contribution in [1.29, 1.82) is 0 Å². The Kier molecular flexibility index (Phi) is 3.28. The summed E-state index contributed by atoms with van der Waals surface area (Å²) in [5, 5.41) is 3.28. The highest BCUT2D eigenvalue weighted by molar-refractivity contribution is 7.13. The monoisotopic (exact) mass is 323 g/mol. The molecule has 4 rings (SSSR count). The number of rotatable bonds is 2. The molecule has 0 N–H and O–H groups in total. The summed E-state index contributed by atoms with van der Waals surface area (Å²) in [5.74, 6) is -0.292. The molecule has 0 unspecified atom stereocenters. The number of hydrogen-bond donors (Lipinski definition) is 0. The zero-order valence-corrected chi connectivity index (χ0v) is 12.6. The standard InChI is InChI=1S/C18H10FNO2S/c19-13-7-5-11(6-8-13)15-10-23-17(20-15)14-9-12-3-1-2-4-16(12)22-18(14)21/h1-10H. The van der Waals surface area contributed by atoms with Crippen LogP contribution >= 0.6 is 11.3 Å². The van der Waals surface area contributed by atoms with Crippen molar-refractivity contribution in [2.45, 2.75) is 0 Å². The second kappa shape index (κ2) is 5.44. The van der Waals surface area contributed by atoms with Crippen molar-refractivity contribution < 1.29 is 8.81 Å². The Morgan fingerprint density at radius 3 is 2.65 bits per heavy atom. The number of hydrogen-bond acceptors (Lipinski definition) is 4. The van der Waals surface area contributed by atoms with E-state index in [1.807, 2.05) is 23.6 Å². The quantitative estimate of drug-likeness (QED) is 0.501. The maximum Gasteiger partial charge on any atom is 0.346 e. The van der Waals surface area contributed by atoms with Crippen LogP contribution < -0.4 is 5.63 Å². The summed E-state index contributed by atoms with van der Waals surface area (Å²) in [5.41, 5.74) is 2.08. The summed E-state index contributed by atoms with van der Waals surface area (Å²) in [7, 11) is 0. The molecule has 0 radical (unpaired) electrons. The summed E-state index contributed by atoms with van der Waals surface area (Å²) in [6.45, 7) is 0. The van der Waals surface area contributed by atoms with Crippen LogP contribution in [0.5, 0.6) is 0 Å². The lowest BCUT2D eigenvalue weighted by Crippen LogP contribution is -2.02. The van der Waals surface area contributed by atoms with Crippen LogP contribution in [0.25, 0.3) is 32.8 Å². The Hall–Kier alpha value is -2.79. The van der Waals surface area contributed by atoms with Gasteiger partial charge in [-0.15, -0.1) is 11.3 Å². The third kappa shape index (κ3) is 2.55. The molecule has 0 amide bonds. The van der Waals surface area contributed by atoms with E-state index in [9.17, 15) is 9.18 Å². The minimum Gasteiger partial charge on any atom is -0.422 e. The van der Waals surface area contributed by atoms with E-state index in [0.717, 1.165) is 10.9 Å². The molecule has 0 saturated heterocycles. The van der Waals surface area contributed by atoms with Crippen molar-refractivity contribution in [3.63, 3.8) is 0 Å². The summed E-state index contributed by atoms with van der Waals surface area (Å²) in [6, 6.07) is 15.2. The zero-order chi connectivity index (χ0) is 15.8. The Labute approximate surface area is 134 Å². The minimum absolute atomic E-state index is 0.292. The minimum atomic E-state index is -0.413. The fourth-order valence-electron chi connectivity index (χ4n) is 2.36. The van der Waals surface area contributed by atoms with Crippen LogP contribution in [0.2, 0.25) is 0 Å².